The van der Waals surface area contributed by atoms with Crippen LogP contribution in [-0.2, 0) is 11.2 Å². The number of nitrogens with zero attached hydrogens (tertiary/aromatic N) is 3. The fourth-order valence-corrected chi connectivity index (χ4v) is 5.17. The minimum atomic E-state index is -0.376. The first-order chi connectivity index (χ1) is 16.0. The van der Waals surface area contributed by atoms with Crippen molar-refractivity contribution in [2.75, 3.05) is 0 Å². The Morgan fingerprint density at radius 3 is 2.48 bits per heavy atom. The number of fused-ring (bicyclic) bond motifs is 1. The lowest BCUT2D eigenvalue weighted by Crippen LogP contribution is -2.38. The highest BCUT2D eigenvalue weighted by Gasteiger charge is 2.36. The quantitative estimate of drug-likeness (QED) is 0.497. The maximum absolute atomic E-state index is 12.9. The molecule has 5 nitrogen and oxygen atoms in total. The van der Waals surface area contributed by atoms with E-state index in [4.69, 9.17) is 5.41 Å². The van der Waals surface area contributed by atoms with Crippen LogP contribution >= 0.6 is 11.8 Å². The zero-order valence-corrected chi connectivity index (χ0v) is 19.6. The van der Waals surface area contributed by atoms with Crippen LogP contribution in [0.2, 0.25) is 0 Å². The summed E-state index contributed by atoms with van der Waals surface area (Å²) in [5.74, 6) is -0.222. The van der Waals surface area contributed by atoms with Gasteiger partial charge in [-0.3, -0.25) is 15.1 Å². The van der Waals surface area contributed by atoms with E-state index in [-0.39, 0.29) is 11.7 Å². The predicted molar refractivity (Wildman–Crippen MR) is 137 cm³/mol. The molecule has 0 fully saturated rings. The summed E-state index contributed by atoms with van der Waals surface area (Å²) >= 11 is 1.38. The van der Waals surface area contributed by atoms with Gasteiger partial charge in [0.2, 0.25) is 0 Å². The molecule has 2 aromatic carbocycles. The molecule has 1 N–H and O–H groups in total. The molecular formula is C27H24N4OS. The van der Waals surface area contributed by atoms with Gasteiger partial charge in [0.25, 0.3) is 5.91 Å². The van der Waals surface area contributed by atoms with Crippen molar-refractivity contribution in [1.82, 2.24) is 9.47 Å². The van der Waals surface area contributed by atoms with Gasteiger partial charge >= 0.3 is 0 Å². The predicted octanol–water partition coefficient (Wildman–Crippen LogP) is 5.96. The van der Waals surface area contributed by atoms with Gasteiger partial charge in [-0.15, -0.1) is 0 Å². The molecule has 1 aromatic heterocycles. The third-order valence-corrected chi connectivity index (χ3v) is 6.88. The number of amides is 1. The van der Waals surface area contributed by atoms with E-state index in [0.29, 0.717) is 10.7 Å². The molecule has 0 saturated carbocycles. The Bertz CT molecular complexity index is 1360. The second-order valence-corrected chi connectivity index (χ2v) is 8.95. The number of aromatic nitrogens is 1. The lowest BCUT2D eigenvalue weighted by molar-refractivity contribution is -0.114. The second-order valence-electron chi connectivity index (χ2n) is 8.11. The van der Waals surface area contributed by atoms with Crippen LogP contribution in [0.25, 0.3) is 17.5 Å². The fourth-order valence-electron chi connectivity index (χ4n) is 4.28. The zero-order chi connectivity index (χ0) is 23.1. The number of hydrogen-bond donors (Lipinski definition) is 1. The van der Waals surface area contributed by atoms with E-state index >= 15 is 0 Å². The van der Waals surface area contributed by atoms with Crippen LogP contribution in [0.4, 0.5) is 0 Å². The molecule has 3 aromatic rings. The zero-order valence-electron chi connectivity index (χ0n) is 18.8. The van der Waals surface area contributed by atoms with Crippen molar-refractivity contribution in [2.24, 2.45) is 4.99 Å². The number of benzene rings is 2. The Hall–Kier alpha value is -3.64. The molecule has 2 aliphatic rings. The van der Waals surface area contributed by atoms with Gasteiger partial charge in [-0.2, -0.15) is 4.99 Å². The van der Waals surface area contributed by atoms with E-state index in [9.17, 15) is 4.79 Å². The van der Waals surface area contributed by atoms with E-state index in [2.05, 4.69) is 53.7 Å². The summed E-state index contributed by atoms with van der Waals surface area (Å²) in [6.45, 7) is 6.24. The smallest absolute Gasteiger partial charge is 0.283 e. The highest BCUT2D eigenvalue weighted by molar-refractivity contribution is 8.17. The number of hydrogen-bond acceptors (Lipinski definition) is 3. The number of aliphatic imine (C=N–C) groups is 1. The molecule has 6 heteroatoms. The van der Waals surface area contributed by atoms with Crippen molar-refractivity contribution in [1.29, 1.82) is 5.41 Å². The standard InChI is InChI=1S/C27H24N4OS/c1-4-19-10-12-22(13-11-19)30-17(2)14-21(18(30)3)15-23-25(28)31-24(20-8-6-5-7-9-20)16-33-27(31)29-26(23)32/h5-16,28H,4H2,1-3H3/b23-15-,28-25?. The number of carbonyl (C=O) groups excluding carboxylic acids is 1. The molecule has 0 aliphatic carbocycles. The molecule has 0 atom stereocenters. The molecule has 0 unspecified atom stereocenters. The van der Waals surface area contributed by atoms with E-state index in [1.54, 1.807) is 11.0 Å². The molecule has 3 heterocycles. The van der Waals surface area contributed by atoms with Gasteiger partial charge < -0.3 is 4.57 Å². The third kappa shape index (κ3) is 3.66. The number of rotatable bonds is 4. The van der Waals surface area contributed by atoms with Gasteiger partial charge in [0.15, 0.2) is 5.17 Å². The summed E-state index contributed by atoms with van der Waals surface area (Å²) in [5, 5.41) is 11.3. The second kappa shape index (κ2) is 8.37. The highest BCUT2D eigenvalue weighted by atomic mass is 32.2. The fraction of sp³-hybridized carbons (Fsp3) is 0.148. The Kier molecular flexibility index (Phi) is 5.38. The van der Waals surface area contributed by atoms with Crippen LogP contribution in [0.3, 0.4) is 0 Å². The van der Waals surface area contributed by atoms with Crippen molar-refractivity contribution in [2.45, 2.75) is 27.2 Å². The molecule has 0 saturated heterocycles. The summed E-state index contributed by atoms with van der Waals surface area (Å²) in [5.41, 5.74) is 7.54. The van der Waals surface area contributed by atoms with Crippen molar-refractivity contribution in [3.05, 3.63) is 99.7 Å². The topological polar surface area (TPSA) is 61.5 Å². The van der Waals surface area contributed by atoms with Gasteiger partial charge in [-0.1, -0.05) is 61.2 Å². The molecule has 33 heavy (non-hydrogen) atoms. The Balaban J connectivity index is 1.53. The Morgan fingerprint density at radius 2 is 1.79 bits per heavy atom. The summed E-state index contributed by atoms with van der Waals surface area (Å²) in [4.78, 5) is 18.9. The van der Waals surface area contributed by atoms with Crippen LogP contribution in [0, 0.1) is 19.3 Å². The van der Waals surface area contributed by atoms with Crippen LogP contribution < -0.4 is 0 Å². The monoisotopic (exact) mass is 452 g/mol. The van der Waals surface area contributed by atoms with Crippen molar-refractivity contribution >= 4 is 40.4 Å². The Labute approximate surface area is 197 Å². The third-order valence-electron chi connectivity index (χ3n) is 6.06. The van der Waals surface area contributed by atoms with Crippen molar-refractivity contribution in [3.63, 3.8) is 0 Å². The first-order valence-corrected chi connectivity index (χ1v) is 11.8. The van der Waals surface area contributed by atoms with E-state index in [0.717, 1.165) is 40.3 Å². The minimum Gasteiger partial charge on any atom is -0.318 e. The molecular weight excluding hydrogens is 428 g/mol. The lowest BCUT2D eigenvalue weighted by atomic mass is 10.1. The SMILES string of the molecule is CCc1ccc(-n2c(C)cc(/C=C3/C(=N)N4C(c5ccccc5)=CSC4=NC3=O)c2C)cc1. The van der Waals surface area contributed by atoms with Crippen molar-refractivity contribution in [3.8, 4) is 5.69 Å². The number of thioether (sulfide) groups is 1. The minimum absolute atomic E-state index is 0.155. The maximum atomic E-state index is 12.9. The molecule has 1 amide bonds. The summed E-state index contributed by atoms with van der Waals surface area (Å²) in [7, 11) is 0. The van der Waals surface area contributed by atoms with Crippen molar-refractivity contribution < 1.29 is 4.79 Å². The molecule has 2 aliphatic heterocycles. The molecule has 0 spiro atoms. The van der Waals surface area contributed by atoms with Gasteiger partial charge in [0, 0.05) is 22.5 Å². The average molecular weight is 453 g/mol. The van der Waals surface area contributed by atoms with Crippen LogP contribution in [0.1, 0.15) is 35.0 Å². The first kappa shape index (κ1) is 21.2. The summed E-state index contributed by atoms with van der Waals surface area (Å²) < 4.78 is 2.18. The molecule has 0 bridgehead atoms. The first-order valence-electron chi connectivity index (χ1n) is 10.9. The number of carbonyl (C=O) groups is 1. The number of nitrogens with one attached hydrogen (secondary N) is 1. The van der Waals surface area contributed by atoms with Crippen LogP contribution in [0.15, 0.2) is 76.6 Å². The molecule has 164 valence electrons. The van der Waals surface area contributed by atoms with Crippen LogP contribution in [-0.4, -0.2) is 26.4 Å². The summed E-state index contributed by atoms with van der Waals surface area (Å²) in [6.07, 6.45) is 2.80. The van der Waals surface area contributed by atoms with Gasteiger partial charge in [-0.05, 0) is 61.2 Å². The van der Waals surface area contributed by atoms with E-state index < -0.39 is 0 Å². The highest BCUT2D eigenvalue weighted by Crippen LogP contribution is 2.37. The van der Waals surface area contributed by atoms with Gasteiger partial charge in [-0.25, -0.2) is 0 Å². The number of aryl methyl sites for hydroxylation is 2. The number of amidine groups is 2. The van der Waals surface area contributed by atoms with Gasteiger partial charge in [0.1, 0.15) is 5.84 Å². The summed E-state index contributed by atoms with van der Waals surface area (Å²) in [6, 6.07) is 20.5. The van der Waals surface area contributed by atoms with E-state index in [1.807, 2.05) is 42.7 Å². The van der Waals surface area contributed by atoms with Crippen LogP contribution in [0.5, 0.6) is 0 Å². The largest absolute Gasteiger partial charge is 0.318 e. The van der Waals surface area contributed by atoms with E-state index in [1.165, 1.54) is 17.3 Å². The molecule has 5 rings (SSSR count). The maximum Gasteiger partial charge on any atom is 0.283 e. The average Bonchev–Trinajstić information content (AvgIpc) is 3.37. The van der Waals surface area contributed by atoms with Gasteiger partial charge in [0.05, 0.1) is 11.3 Å². The molecule has 0 radical (unpaired) electrons. The normalized spacial score (nSPS) is 16.8. The lowest BCUT2D eigenvalue weighted by Gasteiger charge is -2.26. The Morgan fingerprint density at radius 1 is 1.06 bits per heavy atom.